The fourth-order valence-electron chi connectivity index (χ4n) is 1.35. The molecule has 0 fully saturated rings. The first-order chi connectivity index (χ1) is 7.82. The molecular formula is C11H12F3NO2. The Morgan fingerprint density at radius 3 is 2.24 bits per heavy atom. The predicted octanol–water partition coefficient (Wildman–Crippen LogP) is 2.35. The number of hydrogen-bond acceptors (Lipinski definition) is 2. The topological polar surface area (TPSA) is 49.3 Å². The standard InChI is InChI=1S/C11H12F3NO2/c1-7(10(16)17)15-9(11(12,13)14)8-5-3-2-4-6-8/h2-7,9,15H,1H3,(H,16,17)/t7-,9+/m0/s1. The van der Waals surface area contributed by atoms with Gasteiger partial charge in [-0.05, 0) is 12.5 Å². The minimum atomic E-state index is -4.54. The normalized spacial score (nSPS) is 15.3. The first-order valence-corrected chi connectivity index (χ1v) is 4.93. The summed E-state index contributed by atoms with van der Waals surface area (Å²) >= 11 is 0. The highest BCUT2D eigenvalue weighted by Crippen LogP contribution is 2.32. The van der Waals surface area contributed by atoms with E-state index in [-0.39, 0.29) is 5.56 Å². The van der Waals surface area contributed by atoms with Crippen molar-refractivity contribution in [2.24, 2.45) is 0 Å². The maximum Gasteiger partial charge on any atom is 0.407 e. The summed E-state index contributed by atoms with van der Waals surface area (Å²) in [6, 6.07) is 3.90. The zero-order valence-corrected chi connectivity index (χ0v) is 9.03. The lowest BCUT2D eigenvalue weighted by atomic mass is 10.1. The summed E-state index contributed by atoms with van der Waals surface area (Å²) in [6.45, 7) is 1.17. The van der Waals surface area contributed by atoms with E-state index in [0.717, 1.165) is 0 Å². The van der Waals surface area contributed by atoms with Gasteiger partial charge in [0.1, 0.15) is 12.1 Å². The molecule has 0 saturated heterocycles. The van der Waals surface area contributed by atoms with Gasteiger partial charge >= 0.3 is 12.1 Å². The second-order valence-corrected chi connectivity index (χ2v) is 3.61. The van der Waals surface area contributed by atoms with Gasteiger partial charge in [-0.1, -0.05) is 30.3 Å². The van der Waals surface area contributed by atoms with Crippen molar-refractivity contribution in [3.63, 3.8) is 0 Å². The van der Waals surface area contributed by atoms with Crippen LogP contribution in [-0.4, -0.2) is 23.3 Å². The van der Waals surface area contributed by atoms with Crippen LogP contribution in [0.2, 0.25) is 0 Å². The average Bonchev–Trinajstić information content (AvgIpc) is 2.25. The molecule has 6 heteroatoms. The van der Waals surface area contributed by atoms with Crippen molar-refractivity contribution in [1.29, 1.82) is 0 Å². The Morgan fingerprint density at radius 1 is 1.29 bits per heavy atom. The molecule has 0 aromatic heterocycles. The van der Waals surface area contributed by atoms with Crippen LogP contribution in [0.3, 0.4) is 0 Å². The van der Waals surface area contributed by atoms with Gasteiger partial charge in [0.05, 0.1) is 0 Å². The number of alkyl halides is 3. The van der Waals surface area contributed by atoms with Crippen LogP contribution < -0.4 is 5.32 Å². The van der Waals surface area contributed by atoms with E-state index in [1.165, 1.54) is 31.2 Å². The number of carbonyl (C=O) groups is 1. The zero-order valence-electron chi connectivity index (χ0n) is 9.03. The van der Waals surface area contributed by atoms with Crippen molar-refractivity contribution >= 4 is 5.97 Å². The average molecular weight is 247 g/mol. The fourth-order valence-corrected chi connectivity index (χ4v) is 1.35. The Labute approximate surface area is 96.3 Å². The first-order valence-electron chi connectivity index (χ1n) is 4.93. The predicted molar refractivity (Wildman–Crippen MR) is 55.5 cm³/mol. The summed E-state index contributed by atoms with van der Waals surface area (Å²) in [7, 11) is 0. The quantitative estimate of drug-likeness (QED) is 0.858. The van der Waals surface area contributed by atoms with Gasteiger partial charge in [-0.15, -0.1) is 0 Å². The summed E-state index contributed by atoms with van der Waals surface area (Å²) in [6.07, 6.45) is -4.54. The van der Waals surface area contributed by atoms with E-state index in [4.69, 9.17) is 5.11 Å². The van der Waals surface area contributed by atoms with Crippen molar-refractivity contribution in [1.82, 2.24) is 5.32 Å². The van der Waals surface area contributed by atoms with Crippen LogP contribution in [0.4, 0.5) is 13.2 Å². The number of rotatable bonds is 4. The molecule has 17 heavy (non-hydrogen) atoms. The molecule has 3 nitrogen and oxygen atoms in total. The molecule has 0 radical (unpaired) electrons. The minimum Gasteiger partial charge on any atom is -0.480 e. The SMILES string of the molecule is C[C@H](N[C@H](c1ccccc1)C(F)(F)F)C(=O)O. The molecule has 0 aliphatic carbocycles. The molecule has 0 aliphatic heterocycles. The minimum absolute atomic E-state index is 0.00639. The van der Waals surface area contributed by atoms with Crippen LogP contribution in [0.1, 0.15) is 18.5 Å². The van der Waals surface area contributed by atoms with Crippen molar-refractivity contribution < 1.29 is 23.1 Å². The molecule has 94 valence electrons. The lowest BCUT2D eigenvalue weighted by Crippen LogP contribution is -2.43. The van der Waals surface area contributed by atoms with E-state index in [1.54, 1.807) is 6.07 Å². The van der Waals surface area contributed by atoms with Gasteiger partial charge in [0.2, 0.25) is 0 Å². The summed E-state index contributed by atoms with van der Waals surface area (Å²) in [5.74, 6) is -1.32. The fraction of sp³-hybridized carbons (Fsp3) is 0.364. The van der Waals surface area contributed by atoms with Crippen LogP contribution in [0.15, 0.2) is 30.3 Å². The zero-order chi connectivity index (χ0) is 13.1. The van der Waals surface area contributed by atoms with Crippen molar-refractivity contribution in [3.8, 4) is 0 Å². The number of hydrogen-bond donors (Lipinski definition) is 2. The number of carboxylic acid groups (broad SMARTS) is 1. The van der Waals surface area contributed by atoms with Crippen LogP contribution in [0, 0.1) is 0 Å². The largest absolute Gasteiger partial charge is 0.480 e. The second kappa shape index (κ2) is 5.18. The van der Waals surface area contributed by atoms with E-state index in [1.807, 2.05) is 5.32 Å². The van der Waals surface area contributed by atoms with Gasteiger partial charge in [-0.3, -0.25) is 10.1 Å². The van der Waals surface area contributed by atoms with Crippen LogP contribution in [0.25, 0.3) is 0 Å². The number of nitrogens with one attached hydrogen (secondary N) is 1. The monoisotopic (exact) mass is 247 g/mol. The van der Waals surface area contributed by atoms with Crippen LogP contribution >= 0.6 is 0 Å². The number of carboxylic acids is 1. The molecule has 0 unspecified atom stereocenters. The van der Waals surface area contributed by atoms with Crippen molar-refractivity contribution in [3.05, 3.63) is 35.9 Å². The van der Waals surface area contributed by atoms with Gasteiger partial charge in [-0.25, -0.2) is 0 Å². The highest BCUT2D eigenvalue weighted by molar-refractivity contribution is 5.72. The third kappa shape index (κ3) is 3.74. The number of aliphatic carboxylic acids is 1. The maximum absolute atomic E-state index is 12.8. The Hall–Kier alpha value is -1.56. The van der Waals surface area contributed by atoms with Gasteiger partial charge in [-0.2, -0.15) is 13.2 Å². The highest BCUT2D eigenvalue weighted by atomic mass is 19.4. The Bertz CT molecular complexity index is 378. The third-order valence-electron chi connectivity index (χ3n) is 2.25. The third-order valence-corrected chi connectivity index (χ3v) is 2.25. The van der Waals surface area contributed by atoms with Crippen molar-refractivity contribution in [2.45, 2.75) is 25.2 Å². The molecular weight excluding hydrogens is 235 g/mol. The van der Waals surface area contributed by atoms with E-state index in [9.17, 15) is 18.0 Å². The molecule has 0 saturated carbocycles. The lowest BCUT2D eigenvalue weighted by Gasteiger charge is -2.24. The molecule has 0 heterocycles. The lowest BCUT2D eigenvalue weighted by molar-refractivity contribution is -0.162. The second-order valence-electron chi connectivity index (χ2n) is 3.61. The molecule has 0 aliphatic rings. The molecule has 0 bridgehead atoms. The summed E-state index contributed by atoms with van der Waals surface area (Å²) in [4.78, 5) is 10.6. The van der Waals surface area contributed by atoms with Gasteiger partial charge in [0, 0.05) is 0 Å². The smallest absolute Gasteiger partial charge is 0.407 e. The van der Waals surface area contributed by atoms with E-state index in [2.05, 4.69) is 0 Å². The van der Waals surface area contributed by atoms with Gasteiger partial charge < -0.3 is 5.11 Å². The summed E-state index contributed by atoms with van der Waals surface area (Å²) < 4.78 is 38.3. The summed E-state index contributed by atoms with van der Waals surface area (Å²) in [5, 5.41) is 10.7. The Balaban J connectivity index is 2.94. The maximum atomic E-state index is 12.8. The highest BCUT2D eigenvalue weighted by Gasteiger charge is 2.41. The molecule has 0 amide bonds. The van der Waals surface area contributed by atoms with E-state index in [0.29, 0.717) is 0 Å². The molecule has 1 rings (SSSR count). The van der Waals surface area contributed by atoms with Crippen LogP contribution in [0.5, 0.6) is 0 Å². The summed E-state index contributed by atoms with van der Waals surface area (Å²) in [5.41, 5.74) is -0.00639. The first kappa shape index (κ1) is 13.5. The molecule has 2 N–H and O–H groups in total. The molecule has 1 aromatic carbocycles. The van der Waals surface area contributed by atoms with Gasteiger partial charge in [0.25, 0.3) is 0 Å². The number of benzene rings is 1. The van der Waals surface area contributed by atoms with Crippen LogP contribution in [-0.2, 0) is 4.79 Å². The Kier molecular flexibility index (Phi) is 4.11. The molecule has 1 aromatic rings. The van der Waals surface area contributed by atoms with E-state index >= 15 is 0 Å². The Morgan fingerprint density at radius 2 is 1.82 bits per heavy atom. The van der Waals surface area contributed by atoms with Crippen molar-refractivity contribution in [2.75, 3.05) is 0 Å². The van der Waals surface area contributed by atoms with Gasteiger partial charge in [0.15, 0.2) is 0 Å². The van der Waals surface area contributed by atoms with E-state index < -0.39 is 24.2 Å². The number of halogens is 3. The molecule has 0 spiro atoms. The molecule has 2 atom stereocenters.